The van der Waals surface area contributed by atoms with Crippen molar-refractivity contribution in [2.75, 3.05) is 12.8 Å². The first-order chi connectivity index (χ1) is 13.7. The molecule has 3 N–H and O–H groups in total. The standard InChI is InChI=1S/C17H13N3OS.C2HF3O2/c1-21-13-4-2-11(3-5-13)16-8-14(12-6-7-22-10-12)15(9-18)17(19)20-16;3-2(4,5)1(6)7/h2-8,10H,1H3,(H2,19,20);(H,6,7). The molecule has 0 bridgehead atoms. The zero-order chi connectivity index (χ0) is 21.6. The first-order valence-corrected chi connectivity index (χ1v) is 8.79. The lowest BCUT2D eigenvalue weighted by molar-refractivity contribution is -0.192. The molecular formula is C19H14F3N3O3S. The summed E-state index contributed by atoms with van der Waals surface area (Å²) in [5.74, 6) is -1.73. The van der Waals surface area contributed by atoms with Gasteiger partial charge in [-0.25, -0.2) is 9.78 Å². The van der Waals surface area contributed by atoms with Gasteiger partial charge in [-0.1, -0.05) is 0 Å². The van der Waals surface area contributed by atoms with Gasteiger partial charge in [0.15, 0.2) is 0 Å². The minimum absolute atomic E-state index is 0.247. The molecule has 0 spiro atoms. The van der Waals surface area contributed by atoms with Crippen molar-refractivity contribution in [3.05, 3.63) is 52.7 Å². The van der Waals surface area contributed by atoms with Crippen molar-refractivity contribution >= 4 is 23.1 Å². The maximum atomic E-state index is 10.6. The Kier molecular flexibility index (Phi) is 6.80. The summed E-state index contributed by atoms with van der Waals surface area (Å²) in [6.07, 6.45) is -5.08. The number of ether oxygens (including phenoxy) is 1. The van der Waals surface area contributed by atoms with Crippen LogP contribution in [0.1, 0.15) is 5.56 Å². The summed E-state index contributed by atoms with van der Waals surface area (Å²) in [5.41, 5.74) is 9.84. The molecule has 1 aromatic carbocycles. The summed E-state index contributed by atoms with van der Waals surface area (Å²) >= 11 is 1.58. The fourth-order valence-electron chi connectivity index (χ4n) is 2.24. The second-order valence-corrected chi connectivity index (χ2v) is 6.25. The lowest BCUT2D eigenvalue weighted by atomic mass is 10.0. The Morgan fingerprint density at radius 2 is 1.86 bits per heavy atom. The number of aliphatic carboxylic acids is 1. The number of nitrogens with two attached hydrogens (primary N) is 1. The molecule has 2 heterocycles. The van der Waals surface area contributed by atoms with Gasteiger partial charge in [0.25, 0.3) is 0 Å². The normalized spacial score (nSPS) is 10.4. The molecule has 0 saturated carbocycles. The third-order valence-corrected chi connectivity index (χ3v) is 4.30. The van der Waals surface area contributed by atoms with Crippen LogP contribution in [0.3, 0.4) is 0 Å². The molecule has 0 fully saturated rings. The number of pyridine rings is 1. The Bertz CT molecular complexity index is 1030. The van der Waals surface area contributed by atoms with Gasteiger partial charge in [-0.05, 0) is 52.7 Å². The minimum Gasteiger partial charge on any atom is -0.497 e. The van der Waals surface area contributed by atoms with Crippen LogP contribution in [0.25, 0.3) is 22.4 Å². The molecular weight excluding hydrogens is 407 g/mol. The van der Waals surface area contributed by atoms with Gasteiger partial charge >= 0.3 is 12.1 Å². The van der Waals surface area contributed by atoms with E-state index in [0.29, 0.717) is 5.56 Å². The maximum absolute atomic E-state index is 10.6. The average Bonchev–Trinajstić information content (AvgIpc) is 3.22. The summed E-state index contributed by atoms with van der Waals surface area (Å²) in [5, 5.41) is 20.4. The first-order valence-electron chi connectivity index (χ1n) is 7.85. The number of carboxylic acid groups (broad SMARTS) is 1. The van der Waals surface area contributed by atoms with Crippen LogP contribution in [-0.4, -0.2) is 29.3 Å². The number of carbonyl (C=O) groups is 1. The van der Waals surface area contributed by atoms with E-state index in [1.165, 1.54) is 0 Å². The Hall–Kier alpha value is -3.58. The molecule has 6 nitrogen and oxygen atoms in total. The molecule has 0 aliphatic rings. The highest BCUT2D eigenvalue weighted by molar-refractivity contribution is 7.08. The number of hydrogen-bond donors (Lipinski definition) is 2. The fraction of sp³-hybridized carbons (Fsp3) is 0.105. The Labute approximate surface area is 167 Å². The third kappa shape index (κ3) is 5.46. The Balaban J connectivity index is 0.000000370. The second-order valence-electron chi connectivity index (χ2n) is 5.47. The maximum Gasteiger partial charge on any atom is 0.490 e. The fourth-order valence-corrected chi connectivity index (χ4v) is 2.89. The number of nitriles is 1. The molecule has 2 aromatic heterocycles. The topological polar surface area (TPSA) is 109 Å². The quantitative estimate of drug-likeness (QED) is 0.641. The van der Waals surface area contributed by atoms with Gasteiger partial charge in [-0.3, -0.25) is 0 Å². The number of anilines is 1. The lowest BCUT2D eigenvalue weighted by Gasteiger charge is -2.09. The number of thiophene rings is 1. The number of hydrogen-bond acceptors (Lipinski definition) is 6. The highest BCUT2D eigenvalue weighted by Gasteiger charge is 2.38. The van der Waals surface area contributed by atoms with Crippen molar-refractivity contribution in [3.63, 3.8) is 0 Å². The largest absolute Gasteiger partial charge is 0.497 e. The van der Waals surface area contributed by atoms with E-state index in [1.54, 1.807) is 18.4 Å². The number of rotatable bonds is 3. The molecule has 0 saturated heterocycles. The number of nitrogen functional groups attached to an aromatic ring is 1. The zero-order valence-electron chi connectivity index (χ0n) is 14.9. The van der Waals surface area contributed by atoms with E-state index in [1.807, 2.05) is 47.2 Å². The van der Waals surface area contributed by atoms with Crippen LogP contribution in [0.5, 0.6) is 5.75 Å². The van der Waals surface area contributed by atoms with Gasteiger partial charge in [-0.2, -0.15) is 29.8 Å². The van der Waals surface area contributed by atoms with Gasteiger partial charge in [0, 0.05) is 11.1 Å². The van der Waals surface area contributed by atoms with Gasteiger partial charge in [0.2, 0.25) is 0 Å². The molecule has 0 aliphatic carbocycles. The van der Waals surface area contributed by atoms with Crippen LogP contribution in [-0.2, 0) is 4.79 Å². The number of nitrogens with zero attached hydrogens (tertiary/aromatic N) is 2. The molecule has 0 radical (unpaired) electrons. The number of carboxylic acids is 1. The third-order valence-electron chi connectivity index (χ3n) is 3.62. The molecule has 3 rings (SSSR count). The Morgan fingerprint density at radius 3 is 2.31 bits per heavy atom. The van der Waals surface area contributed by atoms with E-state index in [2.05, 4.69) is 11.1 Å². The molecule has 0 amide bonds. The number of aromatic nitrogens is 1. The molecule has 0 atom stereocenters. The van der Waals surface area contributed by atoms with Gasteiger partial charge in [0.1, 0.15) is 23.2 Å². The van der Waals surface area contributed by atoms with E-state index in [9.17, 15) is 18.4 Å². The predicted molar refractivity (Wildman–Crippen MR) is 102 cm³/mol. The van der Waals surface area contributed by atoms with Crippen molar-refractivity contribution in [1.82, 2.24) is 4.98 Å². The summed E-state index contributed by atoms with van der Waals surface area (Å²) in [6, 6.07) is 13.6. The first kappa shape index (κ1) is 21.7. The van der Waals surface area contributed by atoms with Crippen LogP contribution >= 0.6 is 11.3 Å². The highest BCUT2D eigenvalue weighted by Crippen LogP contribution is 2.32. The Morgan fingerprint density at radius 1 is 1.24 bits per heavy atom. The van der Waals surface area contributed by atoms with Crippen molar-refractivity contribution in [3.8, 4) is 34.2 Å². The summed E-state index contributed by atoms with van der Waals surface area (Å²) in [4.78, 5) is 13.3. The molecule has 0 unspecified atom stereocenters. The van der Waals surface area contributed by atoms with E-state index in [-0.39, 0.29) is 5.82 Å². The van der Waals surface area contributed by atoms with Gasteiger partial charge in [-0.15, -0.1) is 0 Å². The predicted octanol–water partition coefficient (Wildman–Crippen LogP) is 4.57. The van der Waals surface area contributed by atoms with Crippen molar-refractivity contribution < 1.29 is 27.8 Å². The van der Waals surface area contributed by atoms with Crippen molar-refractivity contribution in [2.45, 2.75) is 6.18 Å². The molecule has 0 aliphatic heterocycles. The smallest absolute Gasteiger partial charge is 0.490 e. The minimum atomic E-state index is -5.08. The van der Waals surface area contributed by atoms with E-state index >= 15 is 0 Å². The van der Waals surface area contributed by atoms with E-state index in [0.717, 1.165) is 28.1 Å². The van der Waals surface area contributed by atoms with Gasteiger partial charge < -0.3 is 15.6 Å². The van der Waals surface area contributed by atoms with Crippen LogP contribution < -0.4 is 10.5 Å². The zero-order valence-corrected chi connectivity index (χ0v) is 15.7. The SMILES string of the molecule is COc1ccc(-c2cc(-c3ccsc3)c(C#N)c(N)n2)cc1.O=C(O)C(F)(F)F. The molecule has 29 heavy (non-hydrogen) atoms. The van der Waals surface area contributed by atoms with Gasteiger partial charge in [0.05, 0.1) is 12.8 Å². The van der Waals surface area contributed by atoms with Crippen LogP contribution in [0.4, 0.5) is 19.0 Å². The average molecular weight is 421 g/mol. The summed E-state index contributed by atoms with van der Waals surface area (Å²) < 4.78 is 36.9. The second kappa shape index (κ2) is 9.07. The van der Waals surface area contributed by atoms with Crippen LogP contribution in [0.2, 0.25) is 0 Å². The molecule has 150 valence electrons. The summed E-state index contributed by atoms with van der Waals surface area (Å²) in [7, 11) is 1.63. The number of methoxy groups -OCH3 is 1. The number of benzene rings is 1. The van der Waals surface area contributed by atoms with Crippen molar-refractivity contribution in [1.29, 1.82) is 5.26 Å². The monoisotopic (exact) mass is 421 g/mol. The lowest BCUT2D eigenvalue weighted by Crippen LogP contribution is -2.21. The van der Waals surface area contributed by atoms with Crippen LogP contribution in [0.15, 0.2) is 47.2 Å². The number of alkyl halides is 3. The van der Waals surface area contributed by atoms with Crippen molar-refractivity contribution in [2.24, 2.45) is 0 Å². The molecule has 3 aromatic rings. The number of halogens is 3. The highest BCUT2D eigenvalue weighted by atomic mass is 32.1. The summed E-state index contributed by atoms with van der Waals surface area (Å²) in [6.45, 7) is 0. The molecule has 10 heteroatoms. The van der Waals surface area contributed by atoms with E-state index < -0.39 is 12.1 Å². The van der Waals surface area contributed by atoms with E-state index in [4.69, 9.17) is 20.4 Å². The van der Waals surface area contributed by atoms with Crippen LogP contribution in [0, 0.1) is 11.3 Å².